The van der Waals surface area contributed by atoms with Crippen LogP contribution in [0.25, 0.3) is 0 Å². The van der Waals surface area contributed by atoms with Crippen LogP contribution in [0.2, 0.25) is 0 Å². The van der Waals surface area contributed by atoms with E-state index in [2.05, 4.69) is 5.09 Å². The molecule has 118 valence electrons. The molecule has 7 heteroatoms. The maximum Gasteiger partial charge on any atom is 0.456 e. The summed E-state index contributed by atoms with van der Waals surface area (Å²) in [6, 6.07) is 7.36. The number of carbonyl (C=O) groups excluding carboxylic acids is 1. The van der Waals surface area contributed by atoms with Gasteiger partial charge in [-0.25, -0.2) is 4.57 Å². The Morgan fingerprint density at radius 3 is 2.43 bits per heavy atom. The van der Waals surface area contributed by atoms with Crippen LogP contribution in [0.5, 0.6) is 5.75 Å². The molecule has 0 spiro atoms. The topological polar surface area (TPSA) is 84.9 Å². The highest BCUT2D eigenvalue weighted by atomic mass is 31.2. The summed E-state index contributed by atoms with van der Waals surface area (Å²) in [6.45, 7) is 5.38. The Hall–Kier alpha value is -1.36. The van der Waals surface area contributed by atoms with Crippen molar-refractivity contribution in [3.05, 3.63) is 30.3 Å². The van der Waals surface area contributed by atoms with E-state index in [1.165, 1.54) is 0 Å². The van der Waals surface area contributed by atoms with Crippen molar-refractivity contribution in [2.24, 2.45) is 0 Å². The maximum atomic E-state index is 12.0. The van der Waals surface area contributed by atoms with Gasteiger partial charge in [0.1, 0.15) is 11.8 Å². The van der Waals surface area contributed by atoms with Gasteiger partial charge in [-0.05, 0) is 31.9 Å². The minimum atomic E-state index is -4.14. The number of nitrogens with one attached hydrogen (secondary N) is 1. The molecule has 0 aromatic heterocycles. The van der Waals surface area contributed by atoms with Crippen LogP contribution in [-0.2, 0) is 14.1 Å². The van der Waals surface area contributed by atoms with Gasteiger partial charge >= 0.3 is 13.7 Å². The molecule has 0 amide bonds. The average Bonchev–Trinajstić information content (AvgIpc) is 2.45. The number of ether oxygens (including phenoxy) is 1. The molecule has 0 aliphatic rings. The van der Waals surface area contributed by atoms with Gasteiger partial charge in [-0.15, -0.1) is 0 Å². The molecule has 0 saturated carbocycles. The summed E-state index contributed by atoms with van der Waals surface area (Å²) in [7, 11) is -4.14. The number of rotatable bonds is 8. The van der Waals surface area contributed by atoms with E-state index in [9.17, 15) is 14.3 Å². The van der Waals surface area contributed by atoms with Crippen molar-refractivity contribution in [1.29, 1.82) is 0 Å². The minimum Gasteiger partial charge on any atom is -0.462 e. The number of hydrogen-bond donors (Lipinski definition) is 2. The lowest BCUT2D eigenvalue weighted by Gasteiger charge is -2.21. The van der Waals surface area contributed by atoms with Crippen molar-refractivity contribution in [2.75, 3.05) is 0 Å². The zero-order chi connectivity index (χ0) is 15.9. The van der Waals surface area contributed by atoms with Gasteiger partial charge in [0.05, 0.1) is 6.10 Å². The Morgan fingerprint density at radius 1 is 1.29 bits per heavy atom. The fourth-order valence-electron chi connectivity index (χ4n) is 1.52. The summed E-state index contributed by atoms with van der Waals surface area (Å²) in [5.41, 5.74) is 0. The van der Waals surface area contributed by atoms with E-state index in [0.29, 0.717) is 12.8 Å². The predicted octanol–water partition coefficient (Wildman–Crippen LogP) is 2.88. The predicted molar refractivity (Wildman–Crippen MR) is 80.0 cm³/mol. The van der Waals surface area contributed by atoms with Gasteiger partial charge in [0, 0.05) is 0 Å². The fourth-order valence-corrected chi connectivity index (χ4v) is 2.66. The van der Waals surface area contributed by atoms with E-state index >= 15 is 0 Å². The highest BCUT2D eigenvalue weighted by Crippen LogP contribution is 2.39. The zero-order valence-electron chi connectivity index (χ0n) is 12.5. The Balaban J connectivity index is 2.66. The lowest BCUT2D eigenvalue weighted by Crippen LogP contribution is -2.37. The maximum absolute atomic E-state index is 12.0. The van der Waals surface area contributed by atoms with Crippen LogP contribution in [0.15, 0.2) is 30.3 Å². The molecule has 0 radical (unpaired) electrons. The summed E-state index contributed by atoms with van der Waals surface area (Å²) in [6.07, 6.45) is 0.763. The van der Waals surface area contributed by atoms with Crippen LogP contribution >= 0.6 is 7.75 Å². The van der Waals surface area contributed by atoms with Crippen molar-refractivity contribution >= 4 is 13.7 Å². The Kier molecular flexibility index (Phi) is 6.89. The van der Waals surface area contributed by atoms with E-state index in [0.717, 1.165) is 0 Å². The largest absolute Gasteiger partial charge is 0.462 e. The molecule has 1 aromatic rings. The second-order valence-corrected chi connectivity index (χ2v) is 6.15. The van der Waals surface area contributed by atoms with Gasteiger partial charge < -0.3 is 14.2 Å². The van der Waals surface area contributed by atoms with Crippen molar-refractivity contribution in [3.8, 4) is 5.75 Å². The van der Waals surface area contributed by atoms with E-state index < -0.39 is 19.8 Å². The summed E-state index contributed by atoms with van der Waals surface area (Å²) < 4.78 is 22.2. The van der Waals surface area contributed by atoms with Gasteiger partial charge in [-0.3, -0.25) is 4.79 Å². The van der Waals surface area contributed by atoms with Gasteiger partial charge in [-0.2, -0.15) is 5.09 Å². The van der Waals surface area contributed by atoms with E-state index in [4.69, 9.17) is 9.26 Å². The standard InChI is InChI=1S/C14H22NO5P/c1-4-11(3)19-14(16)13(5-2)15-21(17,18)20-12-9-7-6-8-10-12/h6-11,13H,4-5H2,1-3H3,(H2,15,17,18)/t11?,13-/m0/s1. The second kappa shape index (κ2) is 8.17. The lowest BCUT2D eigenvalue weighted by molar-refractivity contribution is -0.150. The monoisotopic (exact) mass is 315 g/mol. The third-order valence-electron chi connectivity index (χ3n) is 2.88. The summed E-state index contributed by atoms with van der Waals surface area (Å²) in [5, 5.41) is 2.34. The molecule has 2 unspecified atom stereocenters. The molecule has 0 saturated heterocycles. The first-order chi connectivity index (χ1) is 9.88. The van der Waals surface area contributed by atoms with Crippen LogP contribution in [0.4, 0.5) is 0 Å². The number of benzene rings is 1. The number of carbonyl (C=O) groups is 1. The van der Waals surface area contributed by atoms with Crippen LogP contribution in [-0.4, -0.2) is 23.0 Å². The molecule has 0 aliphatic heterocycles. The molecule has 6 nitrogen and oxygen atoms in total. The van der Waals surface area contributed by atoms with Crippen molar-refractivity contribution in [2.45, 2.75) is 45.8 Å². The molecule has 1 rings (SSSR count). The van der Waals surface area contributed by atoms with E-state index in [1.807, 2.05) is 6.92 Å². The third-order valence-corrected chi connectivity index (χ3v) is 3.97. The summed E-state index contributed by atoms with van der Waals surface area (Å²) >= 11 is 0. The van der Waals surface area contributed by atoms with Gasteiger partial charge in [0.2, 0.25) is 0 Å². The number of para-hydroxylation sites is 1. The molecule has 0 aliphatic carbocycles. The zero-order valence-corrected chi connectivity index (χ0v) is 13.4. The van der Waals surface area contributed by atoms with E-state index in [1.54, 1.807) is 44.2 Å². The molecule has 0 heterocycles. The normalized spacial score (nSPS) is 16.6. The second-order valence-electron chi connectivity index (χ2n) is 4.67. The van der Waals surface area contributed by atoms with Crippen molar-refractivity contribution < 1.29 is 23.5 Å². The number of esters is 1. The average molecular weight is 315 g/mol. The Labute approximate surface area is 125 Å². The summed E-state index contributed by atoms with van der Waals surface area (Å²) in [5.74, 6) is -0.307. The first kappa shape index (κ1) is 17.7. The Bertz CT molecular complexity index is 493. The van der Waals surface area contributed by atoms with Gasteiger partial charge in [0.25, 0.3) is 0 Å². The number of hydrogen-bond acceptors (Lipinski definition) is 4. The van der Waals surface area contributed by atoms with Crippen LogP contribution in [0.1, 0.15) is 33.6 Å². The SMILES string of the molecule is CCC(C)OC(=O)[C@H](CC)NP(=O)(O)Oc1ccccc1. The first-order valence-electron chi connectivity index (χ1n) is 6.93. The van der Waals surface area contributed by atoms with Crippen LogP contribution in [0.3, 0.4) is 0 Å². The quantitative estimate of drug-likeness (QED) is 0.567. The molecular formula is C14H22NO5P. The first-order valence-corrected chi connectivity index (χ1v) is 8.51. The lowest BCUT2D eigenvalue weighted by atomic mass is 10.2. The molecule has 2 N–H and O–H groups in total. The van der Waals surface area contributed by atoms with E-state index in [-0.39, 0.29) is 11.9 Å². The van der Waals surface area contributed by atoms with Crippen molar-refractivity contribution in [1.82, 2.24) is 5.09 Å². The van der Waals surface area contributed by atoms with Crippen LogP contribution in [0, 0.1) is 0 Å². The molecular weight excluding hydrogens is 293 g/mol. The Morgan fingerprint density at radius 2 is 1.90 bits per heavy atom. The van der Waals surface area contributed by atoms with Crippen LogP contribution < -0.4 is 9.61 Å². The molecule has 0 fully saturated rings. The minimum absolute atomic E-state index is 0.235. The fraction of sp³-hybridized carbons (Fsp3) is 0.500. The smallest absolute Gasteiger partial charge is 0.456 e. The summed E-state index contributed by atoms with van der Waals surface area (Å²) in [4.78, 5) is 21.7. The molecule has 0 bridgehead atoms. The highest BCUT2D eigenvalue weighted by Gasteiger charge is 2.30. The van der Waals surface area contributed by atoms with Gasteiger partial charge in [-0.1, -0.05) is 32.0 Å². The molecule has 3 atom stereocenters. The van der Waals surface area contributed by atoms with Crippen molar-refractivity contribution in [3.63, 3.8) is 0 Å². The third kappa shape index (κ3) is 6.29. The molecule has 21 heavy (non-hydrogen) atoms. The molecule has 1 aromatic carbocycles. The highest BCUT2D eigenvalue weighted by molar-refractivity contribution is 7.51. The van der Waals surface area contributed by atoms with Gasteiger partial charge in [0.15, 0.2) is 0 Å².